The van der Waals surface area contributed by atoms with Crippen LogP contribution in [0.5, 0.6) is 0 Å². The van der Waals surface area contributed by atoms with Crippen LogP contribution in [0.1, 0.15) is 38.7 Å². The van der Waals surface area contributed by atoms with Crippen molar-refractivity contribution in [3.63, 3.8) is 0 Å². The second kappa shape index (κ2) is 7.92. The molecule has 0 aromatic heterocycles. The average Bonchev–Trinajstić information content (AvgIpc) is 2.76. The molecule has 0 spiro atoms. The quantitative estimate of drug-likeness (QED) is 0.846. The summed E-state index contributed by atoms with van der Waals surface area (Å²) in [5.41, 5.74) is 7.85. The van der Waals surface area contributed by atoms with Gasteiger partial charge in [0.05, 0.1) is 0 Å². The van der Waals surface area contributed by atoms with Gasteiger partial charge >= 0.3 is 0 Å². The summed E-state index contributed by atoms with van der Waals surface area (Å²) in [4.78, 5) is 2.58. The fourth-order valence-electron chi connectivity index (χ4n) is 3.24. The van der Waals surface area contributed by atoms with Gasteiger partial charge in [0.15, 0.2) is 0 Å². The lowest BCUT2D eigenvalue weighted by Crippen LogP contribution is -2.42. The maximum absolute atomic E-state index is 6.78. The van der Waals surface area contributed by atoms with Gasteiger partial charge in [-0.15, -0.1) is 0 Å². The largest absolute Gasteiger partial charge is 0.321 e. The summed E-state index contributed by atoms with van der Waals surface area (Å²) in [6.45, 7) is 10.3. The van der Waals surface area contributed by atoms with Crippen molar-refractivity contribution in [1.29, 1.82) is 0 Å². The first kappa shape index (κ1) is 16.5. The Morgan fingerprint density at radius 1 is 1.19 bits per heavy atom. The van der Waals surface area contributed by atoms with E-state index < -0.39 is 0 Å². The van der Waals surface area contributed by atoms with Gasteiger partial charge in [-0.1, -0.05) is 44.2 Å². The fraction of sp³-hybridized carbons (Fsp3) is 0.667. The van der Waals surface area contributed by atoms with Gasteiger partial charge in [-0.05, 0) is 50.4 Å². The number of nitrogens with zero attached hydrogens (tertiary/aromatic N) is 1. The van der Waals surface area contributed by atoms with Crippen LogP contribution in [-0.4, -0.2) is 37.6 Å². The predicted octanol–water partition coefficient (Wildman–Crippen LogP) is 2.57. The molecule has 2 rings (SSSR count). The first-order valence-corrected chi connectivity index (χ1v) is 8.40. The lowest BCUT2D eigenvalue weighted by atomic mass is 9.77. The number of nitrogens with two attached hydrogens (primary N) is 1. The van der Waals surface area contributed by atoms with Gasteiger partial charge in [0.2, 0.25) is 0 Å². The first-order valence-electron chi connectivity index (χ1n) is 8.40. The van der Waals surface area contributed by atoms with Gasteiger partial charge < -0.3 is 16.0 Å². The van der Waals surface area contributed by atoms with E-state index in [0.29, 0.717) is 5.92 Å². The summed E-state index contributed by atoms with van der Waals surface area (Å²) in [5.74, 6) is 0.450. The van der Waals surface area contributed by atoms with Gasteiger partial charge in [-0.2, -0.15) is 0 Å². The number of rotatable bonds is 6. The van der Waals surface area contributed by atoms with Crippen molar-refractivity contribution in [3.8, 4) is 0 Å². The Bertz CT molecular complexity index is 396. The third kappa shape index (κ3) is 4.53. The molecule has 0 saturated carbocycles. The van der Waals surface area contributed by atoms with Crippen molar-refractivity contribution >= 4 is 0 Å². The molecule has 21 heavy (non-hydrogen) atoms. The summed E-state index contributed by atoms with van der Waals surface area (Å²) in [5, 5.41) is 3.46. The molecular formula is C18H31N3. The van der Waals surface area contributed by atoms with Crippen LogP contribution in [-0.2, 0) is 5.54 Å². The Balaban J connectivity index is 1.91. The van der Waals surface area contributed by atoms with E-state index in [-0.39, 0.29) is 5.54 Å². The van der Waals surface area contributed by atoms with E-state index in [2.05, 4.69) is 54.4 Å². The minimum atomic E-state index is -0.203. The molecule has 3 nitrogen and oxygen atoms in total. The molecule has 1 heterocycles. The summed E-state index contributed by atoms with van der Waals surface area (Å²) in [7, 11) is 0. The molecule has 1 atom stereocenters. The predicted molar refractivity (Wildman–Crippen MR) is 90.3 cm³/mol. The van der Waals surface area contributed by atoms with Gasteiger partial charge in [0.25, 0.3) is 0 Å². The Hall–Kier alpha value is -0.900. The van der Waals surface area contributed by atoms with Crippen LogP contribution in [0.25, 0.3) is 0 Å². The molecule has 1 aliphatic rings. The molecule has 1 saturated heterocycles. The second-order valence-corrected chi connectivity index (χ2v) is 6.61. The lowest BCUT2D eigenvalue weighted by molar-refractivity contribution is 0.240. The smallest absolute Gasteiger partial charge is 0.0433 e. The van der Waals surface area contributed by atoms with Crippen LogP contribution in [0.3, 0.4) is 0 Å². The third-order valence-electron chi connectivity index (χ3n) is 4.84. The Labute approximate surface area is 129 Å². The average molecular weight is 289 g/mol. The number of hydrogen-bond donors (Lipinski definition) is 2. The molecule has 0 aliphatic carbocycles. The lowest BCUT2D eigenvalue weighted by Gasteiger charge is -2.35. The van der Waals surface area contributed by atoms with Gasteiger partial charge in [0.1, 0.15) is 0 Å². The van der Waals surface area contributed by atoms with Crippen LogP contribution < -0.4 is 11.1 Å². The second-order valence-electron chi connectivity index (χ2n) is 6.61. The van der Waals surface area contributed by atoms with E-state index in [1.165, 1.54) is 38.0 Å². The van der Waals surface area contributed by atoms with Crippen molar-refractivity contribution in [2.75, 3.05) is 32.7 Å². The maximum atomic E-state index is 6.78. The normalized spacial score (nSPS) is 20.2. The summed E-state index contributed by atoms with van der Waals surface area (Å²) in [6, 6.07) is 10.6. The molecule has 1 aromatic carbocycles. The molecular weight excluding hydrogens is 258 g/mol. The van der Waals surface area contributed by atoms with Crippen LogP contribution in [0.4, 0.5) is 0 Å². The van der Waals surface area contributed by atoms with Crippen LogP contribution in [0.2, 0.25) is 0 Å². The van der Waals surface area contributed by atoms with E-state index in [1.54, 1.807) is 0 Å². The molecule has 1 aliphatic heterocycles. The highest BCUT2D eigenvalue weighted by Crippen LogP contribution is 2.31. The minimum Gasteiger partial charge on any atom is -0.321 e. The zero-order valence-electron chi connectivity index (χ0n) is 13.6. The molecule has 3 N–H and O–H groups in total. The zero-order chi connectivity index (χ0) is 15.1. The van der Waals surface area contributed by atoms with Crippen LogP contribution in [0, 0.1) is 5.92 Å². The molecule has 118 valence electrons. The van der Waals surface area contributed by atoms with Crippen molar-refractivity contribution < 1.29 is 0 Å². The van der Waals surface area contributed by atoms with E-state index in [4.69, 9.17) is 5.73 Å². The van der Waals surface area contributed by atoms with E-state index >= 15 is 0 Å². The Kier molecular flexibility index (Phi) is 6.22. The van der Waals surface area contributed by atoms with E-state index in [9.17, 15) is 0 Å². The highest BCUT2D eigenvalue weighted by Gasteiger charge is 2.30. The summed E-state index contributed by atoms with van der Waals surface area (Å²) < 4.78 is 0. The molecule has 1 fully saturated rings. The monoisotopic (exact) mass is 289 g/mol. The zero-order valence-corrected chi connectivity index (χ0v) is 13.6. The van der Waals surface area contributed by atoms with Crippen molar-refractivity contribution in [2.45, 2.75) is 38.6 Å². The number of hydrogen-bond acceptors (Lipinski definition) is 3. The van der Waals surface area contributed by atoms with Crippen LogP contribution >= 0.6 is 0 Å². The van der Waals surface area contributed by atoms with Crippen LogP contribution in [0.15, 0.2) is 30.3 Å². The van der Waals surface area contributed by atoms with E-state index in [0.717, 1.165) is 19.5 Å². The molecule has 0 amide bonds. The van der Waals surface area contributed by atoms with Crippen molar-refractivity contribution in [3.05, 3.63) is 35.9 Å². The minimum absolute atomic E-state index is 0.203. The standard InChI is InChI=1S/C18H31N3/c1-16(2)18(19,17-8-4-3-5-9-17)10-6-13-21-14-7-11-20-12-15-21/h3-5,8-9,16,20H,6-7,10-15,19H2,1-2H3. The maximum Gasteiger partial charge on any atom is 0.0433 e. The molecule has 1 aromatic rings. The summed E-state index contributed by atoms with van der Waals surface area (Å²) >= 11 is 0. The molecule has 1 unspecified atom stereocenters. The highest BCUT2D eigenvalue weighted by atomic mass is 15.1. The fourth-order valence-corrected chi connectivity index (χ4v) is 3.24. The third-order valence-corrected chi connectivity index (χ3v) is 4.84. The van der Waals surface area contributed by atoms with Gasteiger partial charge in [-0.3, -0.25) is 0 Å². The molecule has 0 radical (unpaired) electrons. The highest BCUT2D eigenvalue weighted by molar-refractivity contribution is 5.24. The van der Waals surface area contributed by atoms with E-state index in [1.807, 2.05) is 0 Å². The molecule has 0 bridgehead atoms. The number of nitrogens with one attached hydrogen (secondary N) is 1. The SMILES string of the molecule is CC(C)C(N)(CCCN1CCCNCC1)c1ccccc1. The Morgan fingerprint density at radius 3 is 2.67 bits per heavy atom. The van der Waals surface area contributed by atoms with Gasteiger partial charge in [0, 0.05) is 18.6 Å². The molecule has 3 heteroatoms. The first-order chi connectivity index (χ1) is 10.1. The Morgan fingerprint density at radius 2 is 1.95 bits per heavy atom. The number of benzene rings is 1. The van der Waals surface area contributed by atoms with Crippen molar-refractivity contribution in [1.82, 2.24) is 10.2 Å². The van der Waals surface area contributed by atoms with Gasteiger partial charge in [-0.25, -0.2) is 0 Å². The summed E-state index contributed by atoms with van der Waals surface area (Å²) in [6.07, 6.45) is 3.48. The van der Waals surface area contributed by atoms with Crippen molar-refractivity contribution in [2.24, 2.45) is 11.7 Å². The topological polar surface area (TPSA) is 41.3 Å².